The van der Waals surface area contributed by atoms with Gasteiger partial charge in [-0.3, -0.25) is 8.42 Å². The Bertz CT molecular complexity index is 288. The molecule has 2 atom stereocenters. The van der Waals surface area contributed by atoms with Crippen LogP contribution in [-0.2, 0) is 10.4 Å². The fourth-order valence-electron chi connectivity index (χ4n) is 0. The summed E-state index contributed by atoms with van der Waals surface area (Å²) in [5, 5.41) is 17.9. The lowest BCUT2D eigenvalue weighted by Gasteiger charge is -2.13. The van der Waals surface area contributed by atoms with Crippen molar-refractivity contribution in [2.45, 2.75) is 25.5 Å². The molecule has 0 bridgehead atoms. The molecule has 0 aliphatic rings. The predicted octanol–water partition coefficient (Wildman–Crippen LogP) is 1.13. The second kappa shape index (κ2) is 9.56. The molecule has 6 nitrogen and oxygen atoms in total. The van der Waals surface area contributed by atoms with Crippen LogP contribution in [0.15, 0.2) is 0 Å². The van der Waals surface area contributed by atoms with Crippen molar-refractivity contribution in [1.29, 1.82) is 0 Å². The molecule has 0 radical (unpaired) electrons. The molecule has 0 amide bonds. The van der Waals surface area contributed by atoms with Crippen molar-refractivity contribution in [2.24, 2.45) is 0 Å². The fourth-order valence-corrected chi connectivity index (χ4v) is 0. The summed E-state index contributed by atoms with van der Waals surface area (Å²) in [4.78, 5) is 0. The van der Waals surface area contributed by atoms with E-state index in [1.165, 1.54) is 0 Å². The average Bonchev–Trinajstić information content (AvgIpc) is 1.97. The summed E-state index contributed by atoms with van der Waals surface area (Å²) in [7, 11) is -7.03. The minimum absolute atomic E-state index is 0.0903. The summed E-state index contributed by atoms with van der Waals surface area (Å²) < 4.78 is 34.1. The fraction of sp³-hybridized carbons (Fsp3) is 1.00. The molecule has 0 saturated carbocycles. The van der Waals surface area contributed by atoms with Gasteiger partial charge in [-0.2, -0.15) is 0 Å². The summed E-state index contributed by atoms with van der Waals surface area (Å²) in [5.41, 5.74) is 0. The normalized spacial score (nSPS) is 15.4. The monoisotopic (exact) mass is 338 g/mol. The molecule has 120 valence electrons. The van der Waals surface area contributed by atoms with Crippen molar-refractivity contribution < 1.29 is 27.7 Å². The third-order valence-electron chi connectivity index (χ3n) is 2.24. The largest absolute Gasteiger partial charge is 0.759 e. The van der Waals surface area contributed by atoms with Gasteiger partial charge in [0.25, 0.3) is 0 Å². The summed E-state index contributed by atoms with van der Waals surface area (Å²) in [6.07, 6.45) is 0. The van der Waals surface area contributed by atoms with E-state index >= 15 is 0 Å². The van der Waals surface area contributed by atoms with Crippen molar-refractivity contribution in [1.82, 2.24) is 0 Å². The van der Waals surface area contributed by atoms with Gasteiger partial charge in [0, 0.05) is 24.9 Å². The number of aliphatic hydroxyl groups is 2. The maximum atomic E-state index is 8.94. The van der Waals surface area contributed by atoms with E-state index in [2.05, 4.69) is 40.0 Å². The third kappa shape index (κ3) is 32.3. The highest BCUT2D eigenvalue weighted by atomic mass is 32.3. The molecular weight excluding hydrogens is 310 g/mol. The summed E-state index contributed by atoms with van der Waals surface area (Å²) in [6, 6.07) is 0. The first-order valence-corrected chi connectivity index (χ1v) is 13.3. The molecule has 19 heavy (non-hydrogen) atoms. The standard InChI is InChI=1S/2C5H14OP.H2O4S/c2*1-5(6)7(2,3)4;1-5(2,3)4/h2*5-6H,1-4H3;(H2,1,2,3,4)/q2*+1;/p-2. The van der Waals surface area contributed by atoms with Crippen molar-refractivity contribution >= 4 is 24.9 Å². The second-order valence-corrected chi connectivity index (χ2v) is 16.7. The first-order valence-electron chi connectivity index (χ1n) is 5.54. The molecule has 0 aromatic carbocycles. The lowest BCUT2D eigenvalue weighted by Crippen LogP contribution is -2.03. The minimum Gasteiger partial charge on any atom is -0.759 e. The topological polar surface area (TPSA) is 121 Å². The third-order valence-corrected chi connectivity index (χ3v) is 6.73. The smallest absolute Gasteiger partial charge is 0.160 e. The van der Waals surface area contributed by atoms with Gasteiger partial charge in [-0.25, -0.2) is 0 Å². The van der Waals surface area contributed by atoms with Crippen molar-refractivity contribution in [3.05, 3.63) is 0 Å². The molecule has 0 saturated heterocycles. The summed E-state index contributed by atoms with van der Waals surface area (Å²) >= 11 is 0. The van der Waals surface area contributed by atoms with E-state index in [0.29, 0.717) is 0 Å². The Morgan fingerprint density at radius 3 is 0.842 bits per heavy atom. The Labute approximate surface area is 118 Å². The Kier molecular flexibility index (Phi) is 12.4. The Hall–Kier alpha value is 0.650. The SMILES string of the molecule is CC(O)[P+](C)(C)C.CC(O)[P+](C)(C)C.O=S(=O)([O-])[O-]. The number of rotatable bonds is 2. The average molecular weight is 338 g/mol. The molecule has 9 heteroatoms. The van der Waals surface area contributed by atoms with Gasteiger partial charge < -0.3 is 19.3 Å². The van der Waals surface area contributed by atoms with Crippen molar-refractivity contribution in [3.63, 3.8) is 0 Å². The molecule has 0 spiro atoms. The van der Waals surface area contributed by atoms with Crippen LogP contribution in [0, 0.1) is 0 Å². The molecule has 0 rings (SSSR count). The highest BCUT2D eigenvalue weighted by Gasteiger charge is 2.24. The number of hydrogen-bond donors (Lipinski definition) is 2. The number of aliphatic hydroxyl groups excluding tert-OH is 2. The van der Waals surface area contributed by atoms with Crippen LogP contribution < -0.4 is 0 Å². The van der Waals surface area contributed by atoms with Crippen LogP contribution in [-0.4, -0.2) is 79.4 Å². The molecule has 0 aromatic heterocycles. The Balaban J connectivity index is -0.000000206. The van der Waals surface area contributed by atoms with Crippen molar-refractivity contribution in [2.75, 3.05) is 40.0 Å². The Morgan fingerprint density at radius 1 is 0.789 bits per heavy atom. The van der Waals surface area contributed by atoms with Crippen LogP contribution in [0.5, 0.6) is 0 Å². The molecule has 0 heterocycles. The summed E-state index contributed by atoms with van der Waals surface area (Å²) in [5.74, 6) is -0.181. The molecule has 0 aromatic rings. The number of hydrogen-bond acceptors (Lipinski definition) is 6. The molecule has 0 aliphatic heterocycles. The quantitative estimate of drug-likeness (QED) is 0.442. The van der Waals surface area contributed by atoms with E-state index in [1.54, 1.807) is 0 Å². The van der Waals surface area contributed by atoms with Crippen LogP contribution >= 0.6 is 14.5 Å². The van der Waals surface area contributed by atoms with E-state index < -0.39 is 24.9 Å². The predicted molar refractivity (Wildman–Crippen MR) is 83.2 cm³/mol. The lowest BCUT2D eigenvalue weighted by atomic mass is 10.9. The summed E-state index contributed by atoms with van der Waals surface area (Å²) in [6.45, 7) is 16.4. The lowest BCUT2D eigenvalue weighted by molar-refractivity contribution is 0.275. The van der Waals surface area contributed by atoms with E-state index in [0.717, 1.165) is 0 Å². The van der Waals surface area contributed by atoms with Crippen LogP contribution in [0.4, 0.5) is 0 Å². The maximum Gasteiger partial charge on any atom is 0.160 e. The maximum absolute atomic E-state index is 8.94. The van der Waals surface area contributed by atoms with E-state index in [1.807, 2.05) is 13.8 Å². The molecular formula is C10H28O6P2S. The van der Waals surface area contributed by atoms with Gasteiger partial charge in [0.05, 0.1) is 40.0 Å². The minimum atomic E-state index is -5.17. The Morgan fingerprint density at radius 2 is 0.842 bits per heavy atom. The molecule has 2 unspecified atom stereocenters. The van der Waals surface area contributed by atoms with Gasteiger partial charge in [0.2, 0.25) is 0 Å². The van der Waals surface area contributed by atoms with Crippen LogP contribution in [0.2, 0.25) is 0 Å². The highest BCUT2D eigenvalue weighted by Crippen LogP contribution is 2.50. The van der Waals surface area contributed by atoms with Gasteiger partial charge in [-0.1, -0.05) is 0 Å². The van der Waals surface area contributed by atoms with Gasteiger partial charge in [-0.15, -0.1) is 0 Å². The van der Waals surface area contributed by atoms with Gasteiger partial charge >= 0.3 is 0 Å². The zero-order valence-electron chi connectivity index (χ0n) is 13.0. The van der Waals surface area contributed by atoms with E-state index in [-0.39, 0.29) is 11.7 Å². The highest BCUT2D eigenvalue weighted by molar-refractivity contribution is 7.79. The van der Waals surface area contributed by atoms with Gasteiger partial charge in [0.15, 0.2) is 11.7 Å². The van der Waals surface area contributed by atoms with Crippen LogP contribution in [0.3, 0.4) is 0 Å². The van der Waals surface area contributed by atoms with Crippen LogP contribution in [0.1, 0.15) is 13.8 Å². The first-order chi connectivity index (χ1) is 7.89. The first kappa shape index (κ1) is 24.7. The van der Waals surface area contributed by atoms with Crippen LogP contribution in [0.25, 0.3) is 0 Å². The van der Waals surface area contributed by atoms with Crippen molar-refractivity contribution in [3.8, 4) is 0 Å². The second-order valence-electron chi connectivity index (χ2n) is 5.90. The van der Waals surface area contributed by atoms with Gasteiger partial charge in [0.1, 0.15) is 0 Å². The molecule has 0 aliphatic carbocycles. The van der Waals surface area contributed by atoms with Gasteiger partial charge in [-0.05, 0) is 13.8 Å². The molecule has 2 N–H and O–H groups in total. The zero-order valence-corrected chi connectivity index (χ0v) is 15.6. The van der Waals surface area contributed by atoms with E-state index in [9.17, 15) is 0 Å². The zero-order chi connectivity index (χ0) is 16.7. The molecule has 0 fully saturated rings. The van der Waals surface area contributed by atoms with E-state index in [4.69, 9.17) is 27.7 Å².